The van der Waals surface area contributed by atoms with Crippen LogP contribution in [0.3, 0.4) is 0 Å². The van der Waals surface area contributed by atoms with Gasteiger partial charge in [0.05, 0.1) is 5.41 Å². The Morgan fingerprint density at radius 3 is 2.72 bits per heavy atom. The fraction of sp³-hybridized carbons (Fsp3) is 0.556. The van der Waals surface area contributed by atoms with Crippen LogP contribution in [0.2, 0.25) is 0 Å². The van der Waals surface area contributed by atoms with E-state index in [1.165, 1.54) is 31.2 Å². The Hall–Kier alpha value is -1.89. The van der Waals surface area contributed by atoms with Gasteiger partial charge in [-0.15, -0.1) is 5.10 Å². The third kappa shape index (κ3) is 2.74. The first-order chi connectivity index (χ1) is 12.2. The third-order valence-electron chi connectivity index (χ3n) is 5.80. The van der Waals surface area contributed by atoms with E-state index in [1.807, 2.05) is 25.2 Å². The van der Waals surface area contributed by atoms with Crippen molar-refractivity contribution in [2.24, 2.45) is 12.5 Å². The van der Waals surface area contributed by atoms with Gasteiger partial charge in [0.15, 0.2) is 0 Å². The highest BCUT2D eigenvalue weighted by Gasteiger charge is 2.72. The predicted octanol–water partition coefficient (Wildman–Crippen LogP) is 2.32. The average molecular weight is 357 g/mol. The Morgan fingerprint density at radius 1 is 1.28 bits per heavy atom. The molecule has 1 N–H and O–H groups in total. The summed E-state index contributed by atoms with van der Waals surface area (Å²) in [6.45, 7) is 0.626. The first kappa shape index (κ1) is 16.6. The van der Waals surface area contributed by atoms with Gasteiger partial charge >= 0.3 is 0 Å². The zero-order valence-corrected chi connectivity index (χ0v) is 15.3. The molecule has 132 valence electrons. The molecule has 1 amide bonds. The van der Waals surface area contributed by atoms with Crippen LogP contribution in [0.15, 0.2) is 35.5 Å². The first-order valence-corrected chi connectivity index (χ1v) is 9.86. The van der Waals surface area contributed by atoms with Crippen molar-refractivity contribution in [2.75, 3.05) is 12.3 Å². The van der Waals surface area contributed by atoms with Crippen LogP contribution < -0.4 is 5.32 Å². The van der Waals surface area contributed by atoms with Crippen LogP contribution in [-0.4, -0.2) is 38.4 Å². The molecule has 2 saturated carbocycles. The maximum Gasteiger partial charge on any atom is 0.231 e. The molecule has 2 aliphatic rings. The van der Waals surface area contributed by atoms with Gasteiger partial charge in [0, 0.05) is 19.3 Å². The van der Waals surface area contributed by atoms with Crippen molar-refractivity contribution in [3.05, 3.63) is 35.9 Å². The zero-order chi connectivity index (χ0) is 17.3. The minimum atomic E-state index is -0.318. The number of nitrogens with one attached hydrogen (secondary N) is 1. The number of carbonyl (C=O) groups is 1. The number of nitrogens with zero attached hydrogens (tertiary/aromatic N) is 4. The molecule has 1 aromatic carbocycles. The van der Waals surface area contributed by atoms with Gasteiger partial charge in [0.2, 0.25) is 11.1 Å². The molecule has 0 unspecified atom stereocenters. The SMILES string of the molecule is Cn1nnnc1SCCNC(=O)[C@]1(c2ccccc2)CC12CCCC2. The van der Waals surface area contributed by atoms with E-state index in [9.17, 15) is 4.79 Å². The van der Waals surface area contributed by atoms with Gasteiger partial charge in [-0.3, -0.25) is 4.79 Å². The van der Waals surface area contributed by atoms with Crippen LogP contribution in [0.25, 0.3) is 0 Å². The maximum absolute atomic E-state index is 13.2. The van der Waals surface area contributed by atoms with E-state index in [2.05, 4.69) is 33.0 Å². The highest BCUT2D eigenvalue weighted by atomic mass is 32.2. The summed E-state index contributed by atoms with van der Waals surface area (Å²) in [6, 6.07) is 10.3. The topological polar surface area (TPSA) is 72.7 Å². The Labute approximate surface area is 151 Å². The van der Waals surface area contributed by atoms with Crippen LogP contribution in [0.5, 0.6) is 0 Å². The summed E-state index contributed by atoms with van der Waals surface area (Å²) in [5, 5.41) is 15.3. The highest BCUT2D eigenvalue weighted by molar-refractivity contribution is 7.99. The van der Waals surface area contributed by atoms with E-state index in [4.69, 9.17) is 0 Å². The number of amides is 1. The molecule has 1 atom stereocenters. The predicted molar refractivity (Wildman–Crippen MR) is 96.2 cm³/mol. The number of tetrazole rings is 1. The fourth-order valence-electron chi connectivity index (χ4n) is 4.50. The van der Waals surface area contributed by atoms with E-state index < -0.39 is 0 Å². The second-order valence-electron chi connectivity index (χ2n) is 7.12. The molecule has 0 aliphatic heterocycles. The number of hydrogen-bond donors (Lipinski definition) is 1. The summed E-state index contributed by atoms with van der Waals surface area (Å²) in [4.78, 5) is 13.2. The number of carbonyl (C=O) groups excluding carboxylic acids is 1. The molecule has 25 heavy (non-hydrogen) atoms. The van der Waals surface area contributed by atoms with Gasteiger partial charge in [-0.25, -0.2) is 4.68 Å². The number of rotatable bonds is 6. The fourth-order valence-corrected chi connectivity index (χ4v) is 5.21. The molecule has 0 bridgehead atoms. The quantitative estimate of drug-likeness (QED) is 0.634. The van der Waals surface area contributed by atoms with Gasteiger partial charge in [0.25, 0.3) is 0 Å². The molecule has 0 saturated heterocycles. The van der Waals surface area contributed by atoms with Gasteiger partial charge in [-0.1, -0.05) is 54.9 Å². The summed E-state index contributed by atoms with van der Waals surface area (Å²) >= 11 is 1.56. The standard InChI is InChI=1S/C18H23N5OS/c1-23-16(20-21-22-23)25-12-11-19-15(24)18(14-7-3-2-4-8-14)13-17(18)9-5-6-10-17/h2-4,7-8H,5-6,9-13H2,1H3,(H,19,24)/t18-/m1/s1. The number of aromatic nitrogens is 4. The van der Waals surface area contributed by atoms with E-state index >= 15 is 0 Å². The lowest BCUT2D eigenvalue weighted by Crippen LogP contribution is -2.39. The molecule has 1 spiro atoms. The summed E-state index contributed by atoms with van der Waals surface area (Å²) in [7, 11) is 1.82. The van der Waals surface area contributed by atoms with Crippen molar-refractivity contribution in [3.8, 4) is 0 Å². The van der Waals surface area contributed by atoms with E-state index in [0.717, 1.165) is 17.3 Å². The van der Waals surface area contributed by atoms with Crippen molar-refractivity contribution in [3.63, 3.8) is 0 Å². The molecule has 6 nitrogen and oxygen atoms in total. The van der Waals surface area contributed by atoms with Crippen molar-refractivity contribution in [2.45, 2.75) is 42.7 Å². The lowest BCUT2D eigenvalue weighted by Gasteiger charge is -2.22. The van der Waals surface area contributed by atoms with Crippen LogP contribution >= 0.6 is 11.8 Å². The maximum atomic E-state index is 13.2. The molecular weight excluding hydrogens is 334 g/mol. The summed E-state index contributed by atoms with van der Waals surface area (Å²) in [5.41, 5.74) is 1.06. The molecular formula is C18H23N5OS. The average Bonchev–Trinajstić information content (AvgIpc) is 2.89. The first-order valence-electron chi connectivity index (χ1n) is 8.87. The molecule has 2 aromatic rings. The van der Waals surface area contributed by atoms with Crippen LogP contribution in [0.4, 0.5) is 0 Å². The highest BCUT2D eigenvalue weighted by Crippen LogP contribution is 2.72. The molecule has 0 radical (unpaired) electrons. The van der Waals surface area contributed by atoms with Crippen molar-refractivity contribution in [1.29, 1.82) is 0 Å². The van der Waals surface area contributed by atoms with Gasteiger partial charge < -0.3 is 5.32 Å². The molecule has 1 heterocycles. The van der Waals surface area contributed by atoms with Gasteiger partial charge in [-0.05, 0) is 40.7 Å². The van der Waals surface area contributed by atoms with E-state index in [-0.39, 0.29) is 16.7 Å². The van der Waals surface area contributed by atoms with Crippen molar-refractivity contribution >= 4 is 17.7 Å². The third-order valence-corrected chi connectivity index (χ3v) is 6.81. The summed E-state index contributed by atoms with van der Waals surface area (Å²) in [6.07, 6.45) is 5.84. The molecule has 7 heteroatoms. The molecule has 1 aromatic heterocycles. The van der Waals surface area contributed by atoms with Crippen LogP contribution in [0.1, 0.15) is 37.7 Å². The minimum absolute atomic E-state index is 0.192. The molecule has 2 aliphatic carbocycles. The van der Waals surface area contributed by atoms with Crippen molar-refractivity contribution in [1.82, 2.24) is 25.5 Å². The smallest absolute Gasteiger partial charge is 0.231 e. The summed E-state index contributed by atoms with van der Waals surface area (Å²) in [5.74, 6) is 0.954. The second kappa shape index (κ2) is 6.44. The lowest BCUT2D eigenvalue weighted by atomic mass is 9.84. The Kier molecular flexibility index (Phi) is 4.27. The Balaban J connectivity index is 1.42. The normalized spacial score (nSPS) is 23.7. The molecule has 2 fully saturated rings. The van der Waals surface area contributed by atoms with Gasteiger partial charge in [-0.2, -0.15) is 0 Å². The second-order valence-corrected chi connectivity index (χ2v) is 8.19. The van der Waals surface area contributed by atoms with Crippen LogP contribution in [-0.2, 0) is 17.3 Å². The lowest BCUT2D eigenvalue weighted by molar-refractivity contribution is -0.124. The van der Waals surface area contributed by atoms with E-state index in [1.54, 1.807) is 16.4 Å². The minimum Gasteiger partial charge on any atom is -0.354 e. The number of thioether (sulfide) groups is 1. The zero-order valence-electron chi connectivity index (χ0n) is 14.4. The number of aryl methyl sites for hydroxylation is 1. The van der Waals surface area contributed by atoms with Gasteiger partial charge in [0.1, 0.15) is 0 Å². The molecule has 4 rings (SSSR count). The van der Waals surface area contributed by atoms with Crippen LogP contribution in [0, 0.1) is 5.41 Å². The Morgan fingerprint density at radius 2 is 2.04 bits per heavy atom. The van der Waals surface area contributed by atoms with Crippen molar-refractivity contribution < 1.29 is 4.79 Å². The van der Waals surface area contributed by atoms with E-state index in [0.29, 0.717) is 6.54 Å². The Bertz CT molecular complexity index is 756. The number of hydrogen-bond acceptors (Lipinski definition) is 5. The summed E-state index contributed by atoms with van der Waals surface area (Å²) < 4.78 is 1.65. The largest absolute Gasteiger partial charge is 0.354 e. The monoisotopic (exact) mass is 357 g/mol. The number of benzene rings is 1.